The van der Waals surface area contributed by atoms with Crippen molar-refractivity contribution < 1.29 is 31.1 Å². The van der Waals surface area contributed by atoms with E-state index in [9.17, 15) is 31.1 Å². The molecule has 1 atom stereocenters. The van der Waals surface area contributed by atoms with E-state index in [0.717, 1.165) is 6.42 Å². The number of para-hydroxylation sites is 1. The van der Waals surface area contributed by atoms with E-state index in [2.05, 4.69) is 15.2 Å². The summed E-state index contributed by atoms with van der Waals surface area (Å²) >= 11 is 0. The van der Waals surface area contributed by atoms with Crippen LogP contribution in [0.5, 0.6) is 5.75 Å². The summed E-state index contributed by atoms with van der Waals surface area (Å²) in [6.07, 6.45) is -9.08. The monoisotopic (exact) mass is 502 g/mol. The topological polar surface area (TPSA) is 74.0 Å². The van der Waals surface area contributed by atoms with E-state index < -0.39 is 35.8 Å². The van der Waals surface area contributed by atoms with Crippen LogP contribution in [0.3, 0.4) is 0 Å². The molecule has 6 nitrogen and oxygen atoms in total. The summed E-state index contributed by atoms with van der Waals surface area (Å²) in [5.74, 6) is 0.750. The zero-order chi connectivity index (χ0) is 25.8. The maximum atomic E-state index is 13.2. The molecule has 0 amide bonds. The van der Waals surface area contributed by atoms with Crippen molar-refractivity contribution in [3.8, 4) is 5.75 Å². The molecule has 0 radical (unpaired) electrons. The van der Waals surface area contributed by atoms with E-state index in [4.69, 9.17) is 4.74 Å². The number of nitrogens with zero attached hydrogens (tertiary/aromatic N) is 2. The van der Waals surface area contributed by atoms with Gasteiger partial charge in [0.2, 0.25) is 0 Å². The van der Waals surface area contributed by atoms with Crippen LogP contribution in [0, 0.1) is 0 Å². The Bertz CT molecular complexity index is 1150. The smallest absolute Gasteiger partial charge is 0.416 e. The van der Waals surface area contributed by atoms with E-state index in [-0.39, 0.29) is 17.7 Å². The Kier molecular flexibility index (Phi) is 7.93. The molecule has 3 aromatic rings. The first kappa shape index (κ1) is 26.3. The molecule has 0 aliphatic heterocycles. The highest BCUT2D eigenvalue weighted by Crippen LogP contribution is 2.37. The van der Waals surface area contributed by atoms with E-state index in [1.807, 2.05) is 18.7 Å². The minimum absolute atomic E-state index is 0.0848. The summed E-state index contributed by atoms with van der Waals surface area (Å²) < 4.78 is 84.7. The fraction of sp³-hybridized carbons (Fsp3) is 0.391. The molecule has 3 rings (SSSR count). The average molecular weight is 502 g/mol. The number of ether oxygens (including phenoxy) is 1. The number of hydrogen-bond donors (Lipinski definition) is 2. The molecule has 12 heteroatoms. The highest BCUT2D eigenvalue weighted by atomic mass is 19.4. The van der Waals surface area contributed by atoms with Crippen LogP contribution < -0.4 is 10.4 Å². The molecule has 0 spiro atoms. The van der Waals surface area contributed by atoms with E-state index in [1.54, 1.807) is 24.3 Å². The van der Waals surface area contributed by atoms with Crippen molar-refractivity contribution in [2.75, 3.05) is 6.54 Å². The van der Waals surface area contributed by atoms with Crippen LogP contribution in [0.2, 0.25) is 0 Å². The lowest BCUT2D eigenvalue weighted by Crippen LogP contribution is -2.28. The van der Waals surface area contributed by atoms with Gasteiger partial charge in [0.15, 0.2) is 0 Å². The highest BCUT2D eigenvalue weighted by molar-refractivity contribution is 5.37. The SMILES string of the molecule is CCCN(Cc1n[nH]c(=O)[nH]1)C(C)c1ccccc1OCc1cc(C(F)(F)F)cc(C(F)(F)F)c1. The Balaban J connectivity index is 1.86. The number of halogens is 6. The lowest BCUT2D eigenvalue weighted by Gasteiger charge is -2.29. The van der Waals surface area contributed by atoms with Gasteiger partial charge < -0.3 is 4.74 Å². The molecular weight excluding hydrogens is 478 g/mol. The first-order chi connectivity index (χ1) is 16.4. The third-order valence-electron chi connectivity index (χ3n) is 5.37. The van der Waals surface area contributed by atoms with Crippen LogP contribution in [-0.4, -0.2) is 26.6 Å². The molecular formula is C23H24F6N4O2. The summed E-state index contributed by atoms with van der Waals surface area (Å²) in [7, 11) is 0. The highest BCUT2D eigenvalue weighted by Gasteiger charge is 2.37. The van der Waals surface area contributed by atoms with Gasteiger partial charge in [0, 0.05) is 11.6 Å². The number of aromatic amines is 2. The average Bonchev–Trinajstić information content (AvgIpc) is 3.20. The second kappa shape index (κ2) is 10.5. The lowest BCUT2D eigenvalue weighted by molar-refractivity contribution is -0.143. The number of benzene rings is 2. The number of hydrogen-bond acceptors (Lipinski definition) is 4. The van der Waals surface area contributed by atoms with Crippen molar-refractivity contribution in [2.45, 2.75) is 51.8 Å². The maximum absolute atomic E-state index is 13.2. The van der Waals surface area contributed by atoms with Gasteiger partial charge in [-0.15, -0.1) is 0 Å². The first-order valence-corrected chi connectivity index (χ1v) is 10.8. The van der Waals surface area contributed by atoms with E-state index in [1.165, 1.54) is 0 Å². The van der Waals surface area contributed by atoms with Gasteiger partial charge in [0.25, 0.3) is 0 Å². The molecule has 2 aromatic carbocycles. The van der Waals surface area contributed by atoms with Gasteiger partial charge in [0.05, 0.1) is 17.7 Å². The van der Waals surface area contributed by atoms with Crippen LogP contribution in [0.1, 0.15) is 54.4 Å². The molecule has 0 saturated carbocycles. The number of alkyl halides is 6. The lowest BCUT2D eigenvalue weighted by atomic mass is 10.0. The number of nitrogens with one attached hydrogen (secondary N) is 2. The second-order valence-corrected chi connectivity index (χ2v) is 8.01. The summed E-state index contributed by atoms with van der Waals surface area (Å²) in [6, 6.07) is 7.91. The molecule has 0 bridgehead atoms. The number of rotatable bonds is 9. The van der Waals surface area contributed by atoms with Crippen molar-refractivity contribution in [1.29, 1.82) is 0 Å². The van der Waals surface area contributed by atoms with Crippen molar-refractivity contribution in [3.63, 3.8) is 0 Å². The first-order valence-electron chi connectivity index (χ1n) is 10.8. The summed E-state index contributed by atoms with van der Waals surface area (Å²) in [6.45, 7) is 4.31. The van der Waals surface area contributed by atoms with Gasteiger partial charge in [-0.2, -0.15) is 31.4 Å². The molecule has 1 aromatic heterocycles. The Morgan fingerprint density at radius 3 is 2.20 bits per heavy atom. The zero-order valence-electron chi connectivity index (χ0n) is 18.9. The molecule has 190 valence electrons. The molecule has 0 fully saturated rings. The van der Waals surface area contributed by atoms with Gasteiger partial charge >= 0.3 is 18.0 Å². The third kappa shape index (κ3) is 6.87. The van der Waals surface area contributed by atoms with Gasteiger partial charge in [-0.3, -0.25) is 9.88 Å². The van der Waals surface area contributed by atoms with Crippen LogP contribution in [-0.2, 0) is 25.5 Å². The molecule has 35 heavy (non-hydrogen) atoms. The fourth-order valence-electron chi connectivity index (χ4n) is 3.69. The fourth-order valence-corrected chi connectivity index (χ4v) is 3.69. The van der Waals surface area contributed by atoms with Crippen molar-refractivity contribution in [1.82, 2.24) is 20.1 Å². The second-order valence-electron chi connectivity index (χ2n) is 8.01. The van der Waals surface area contributed by atoms with Crippen molar-refractivity contribution >= 4 is 0 Å². The van der Waals surface area contributed by atoms with E-state index in [0.29, 0.717) is 42.4 Å². The van der Waals surface area contributed by atoms with E-state index >= 15 is 0 Å². The minimum Gasteiger partial charge on any atom is -0.489 e. The Labute approximate surface area is 196 Å². The van der Waals surface area contributed by atoms with Crippen LogP contribution >= 0.6 is 0 Å². The largest absolute Gasteiger partial charge is 0.489 e. The Hall–Kier alpha value is -3.28. The molecule has 1 heterocycles. The Morgan fingerprint density at radius 2 is 1.66 bits per heavy atom. The maximum Gasteiger partial charge on any atom is 0.416 e. The molecule has 0 aliphatic carbocycles. The normalized spacial score (nSPS) is 13.3. The quantitative estimate of drug-likeness (QED) is 0.369. The molecule has 2 N–H and O–H groups in total. The zero-order valence-corrected chi connectivity index (χ0v) is 18.9. The van der Waals surface area contributed by atoms with Crippen LogP contribution in [0.15, 0.2) is 47.3 Å². The van der Waals surface area contributed by atoms with Gasteiger partial charge in [-0.25, -0.2) is 9.89 Å². The predicted octanol–water partition coefficient (Wildman–Crippen LogP) is 5.69. The van der Waals surface area contributed by atoms with Gasteiger partial charge in [-0.1, -0.05) is 25.1 Å². The summed E-state index contributed by atoms with van der Waals surface area (Å²) in [5.41, 5.74) is -2.80. The van der Waals surface area contributed by atoms with Gasteiger partial charge in [0.1, 0.15) is 18.2 Å². The van der Waals surface area contributed by atoms with Crippen molar-refractivity contribution in [2.24, 2.45) is 0 Å². The standard InChI is InChI=1S/C23H24F6N4O2/c1-3-8-33(12-20-30-21(34)32-31-20)14(2)18-6-4-5-7-19(18)35-13-15-9-16(22(24,25)26)11-17(10-15)23(27,28)29/h4-7,9-11,14H,3,8,12-13H2,1-2H3,(H2,30,31,32,34). The number of H-pyrrole nitrogens is 2. The van der Waals surface area contributed by atoms with Crippen molar-refractivity contribution in [3.05, 3.63) is 81.0 Å². The molecule has 0 saturated heterocycles. The van der Waals surface area contributed by atoms with Crippen LogP contribution in [0.4, 0.5) is 26.3 Å². The van der Waals surface area contributed by atoms with Crippen LogP contribution in [0.25, 0.3) is 0 Å². The number of aromatic nitrogens is 3. The van der Waals surface area contributed by atoms with Gasteiger partial charge in [-0.05, 0) is 49.7 Å². The minimum atomic E-state index is -4.93. The summed E-state index contributed by atoms with van der Waals surface area (Å²) in [5, 5.41) is 6.22. The molecule has 1 unspecified atom stereocenters. The Morgan fingerprint density at radius 1 is 1.03 bits per heavy atom. The predicted molar refractivity (Wildman–Crippen MR) is 116 cm³/mol. The summed E-state index contributed by atoms with van der Waals surface area (Å²) in [4.78, 5) is 16.0. The molecule has 0 aliphatic rings. The third-order valence-corrected chi connectivity index (χ3v) is 5.37.